The molecule has 27 heavy (non-hydrogen) atoms. The molecule has 0 atom stereocenters. The molecule has 0 amide bonds. The number of benzene rings is 1. The van der Waals surface area contributed by atoms with Crippen LogP contribution in [0.1, 0.15) is 24.0 Å². The van der Waals surface area contributed by atoms with Gasteiger partial charge in [-0.2, -0.15) is 0 Å². The molecule has 1 heterocycles. The molecular weight excluding hydrogens is 402 g/mol. The molecule has 0 radical (unpaired) electrons. The predicted octanol–water partition coefficient (Wildman–Crippen LogP) is 5.50. The Morgan fingerprint density at radius 2 is 1.59 bits per heavy atom. The summed E-state index contributed by atoms with van der Waals surface area (Å²) in [7, 11) is 1.61. The molecule has 0 bridgehead atoms. The van der Waals surface area contributed by atoms with Crippen LogP contribution < -0.4 is 10.1 Å². The summed E-state index contributed by atoms with van der Waals surface area (Å²) in [5, 5.41) is 3.22. The van der Waals surface area contributed by atoms with Crippen LogP contribution in [0.5, 0.6) is 5.75 Å². The van der Waals surface area contributed by atoms with Crippen LogP contribution in [0.25, 0.3) is 11.1 Å². The largest absolute Gasteiger partial charge is 0.466 e. The van der Waals surface area contributed by atoms with Gasteiger partial charge >= 0.3 is 0 Å². The van der Waals surface area contributed by atoms with Crippen molar-refractivity contribution in [3.63, 3.8) is 0 Å². The van der Waals surface area contributed by atoms with E-state index in [1.165, 1.54) is 48.2 Å². The first kappa shape index (κ1) is 19.9. The zero-order valence-corrected chi connectivity index (χ0v) is 17.3. The van der Waals surface area contributed by atoms with E-state index in [2.05, 4.69) is 75.8 Å². The molecular formula is C23H26BrNO2. The van der Waals surface area contributed by atoms with E-state index in [0.717, 1.165) is 16.6 Å². The third kappa shape index (κ3) is 6.06. The van der Waals surface area contributed by atoms with Gasteiger partial charge in [-0.15, -0.1) is 0 Å². The summed E-state index contributed by atoms with van der Waals surface area (Å²) in [5.41, 5.74) is 5.12. The average Bonchev–Trinajstić information content (AvgIpc) is 3.32. The van der Waals surface area contributed by atoms with Crippen LogP contribution in [-0.4, -0.2) is 27.0 Å². The van der Waals surface area contributed by atoms with Crippen molar-refractivity contribution in [3.05, 3.63) is 76.3 Å². The molecule has 1 saturated heterocycles. The summed E-state index contributed by atoms with van der Waals surface area (Å²) >= 11 is 3.55. The lowest BCUT2D eigenvalue weighted by Gasteiger charge is -2.08. The maximum atomic E-state index is 5.48. The predicted molar refractivity (Wildman–Crippen MR) is 115 cm³/mol. The second-order valence-corrected chi connectivity index (χ2v) is 7.49. The standard InChI is InChI=1S/C19H17BrO2.C4H9N/c1-21-13-22-19-8-7-14(12-18(19)20)9-15-10-16-5-3-2-4-6-17(16)11-15;1-2-4-5-3-1/h2-8,10-12H,9,13H2,1H3;5H,1-4H2. The lowest BCUT2D eigenvalue weighted by molar-refractivity contribution is 0.0506. The molecule has 3 nitrogen and oxygen atoms in total. The van der Waals surface area contributed by atoms with Crippen LogP contribution in [-0.2, 0) is 11.2 Å². The second kappa shape index (κ2) is 10.5. The number of halogens is 1. The molecule has 1 fully saturated rings. The van der Waals surface area contributed by atoms with E-state index in [-0.39, 0.29) is 6.79 Å². The molecule has 0 spiro atoms. The van der Waals surface area contributed by atoms with Crippen molar-refractivity contribution in [3.8, 4) is 16.9 Å². The third-order valence-corrected chi connectivity index (χ3v) is 5.10. The van der Waals surface area contributed by atoms with Gasteiger partial charge in [-0.05, 0) is 82.7 Å². The molecule has 1 aromatic carbocycles. The minimum absolute atomic E-state index is 0.253. The third-order valence-electron chi connectivity index (χ3n) is 4.48. The molecule has 1 N–H and O–H groups in total. The maximum Gasteiger partial charge on any atom is 0.188 e. The maximum absolute atomic E-state index is 5.48. The van der Waals surface area contributed by atoms with E-state index < -0.39 is 0 Å². The Balaban J connectivity index is 0.000000364. The van der Waals surface area contributed by atoms with Crippen LogP contribution in [0.15, 0.2) is 65.1 Å². The number of rotatable bonds is 5. The van der Waals surface area contributed by atoms with Crippen molar-refractivity contribution < 1.29 is 9.47 Å². The highest BCUT2D eigenvalue weighted by Crippen LogP contribution is 2.29. The Kier molecular flexibility index (Phi) is 7.69. The first-order chi connectivity index (χ1) is 13.3. The molecule has 0 aromatic heterocycles. The summed E-state index contributed by atoms with van der Waals surface area (Å²) < 4.78 is 11.4. The lowest BCUT2D eigenvalue weighted by Crippen LogP contribution is -2.03. The van der Waals surface area contributed by atoms with Crippen LogP contribution in [0.3, 0.4) is 0 Å². The van der Waals surface area contributed by atoms with Gasteiger partial charge < -0.3 is 14.8 Å². The normalized spacial score (nSPS) is 13.3. The minimum Gasteiger partial charge on any atom is -0.466 e. The van der Waals surface area contributed by atoms with Crippen LogP contribution in [0.2, 0.25) is 0 Å². The Labute approximate surface area is 170 Å². The Morgan fingerprint density at radius 3 is 2.15 bits per heavy atom. The van der Waals surface area contributed by atoms with Gasteiger partial charge in [0.1, 0.15) is 5.75 Å². The molecule has 3 aliphatic rings. The summed E-state index contributed by atoms with van der Waals surface area (Å²) in [5.74, 6) is 0.797. The van der Waals surface area contributed by atoms with Crippen molar-refractivity contribution >= 4 is 15.9 Å². The molecule has 142 valence electrons. The van der Waals surface area contributed by atoms with E-state index >= 15 is 0 Å². The van der Waals surface area contributed by atoms with E-state index in [1.807, 2.05) is 6.07 Å². The molecule has 0 saturated carbocycles. The topological polar surface area (TPSA) is 30.5 Å². The highest BCUT2D eigenvalue weighted by atomic mass is 79.9. The first-order valence-electron chi connectivity index (χ1n) is 9.35. The summed E-state index contributed by atoms with van der Waals surface area (Å²) in [6.07, 6.45) is 3.68. The van der Waals surface area contributed by atoms with Gasteiger partial charge in [0.25, 0.3) is 0 Å². The molecule has 2 aliphatic carbocycles. The highest BCUT2D eigenvalue weighted by molar-refractivity contribution is 9.10. The summed E-state index contributed by atoms with van der Waals surface area (Å²) in [4.78, 5) is 0. The fraction of sp³-hybridized carbons (Fsp3) is 0.304. The van der Waals surface area contributed by atoms with Crippen molar-refractivity contribution in [1.29, 1.82) is 0 Å². The lowest BCUT2D eigenvalue weighted by atomic mass is 10.1. The number of nitrogens with one attached hydrogen (secondary N) is 1. The Hall–Kier alpha value is -1.88. The van der Waals surface area contributed by atoms with Crippen LogP contribution in [0, 0.1) is 0 Å². The highest BCUT2D eigenvalue weighted by Gasteiger charge is 2.07. The zero-order valence-electron chi connectivity index (χ0n) is 15.7. The van der Waals surface area contributed by atoms with Crippen molar-refractivity contribution in [2.24, 2.45) is 0 Å². The van der Waals surface area contributed by atoms with E-state index in [0.29, 0.717) is 0 Å². The number of ether oxygens (including phenoxy) is 2. The molecule has 1 aliphatic heterocycles. The van der Waals surface area contributed by atoms with Crippen molar-refractivity contribution in [2.45, 2.75) is 19.3 Å². The number of hydrogen-bond donors (Lipinski definition) is 1. The van der Waals surface area contributed by atoms with E-state index in [1.54, 1.807) is 7.11 Å². The van der Waals surface area contributed by atoms with Gasteiger partial charge in [0.05, 0.1) is 4.47 Å². The first-order valence-corrected chi connectivity index (χ1v) is 10.1. The van der Waals surface area contributed by atoms with Crippen molar-refractivity contribution in [2.75, 3.05) is 27.0 Å². The number of methoxy groups -OCH3 is 1. The van der Waals surface area contributed by atoms with E-state index in [4.69, 9.17) is 9.47 Å². The SMILES string of the molecule is C1CCNC1.COCOc1ccc(Cc2cc3cccccc-3c2)cc1Br. The van der Waals surface area contributed by atoms with Gasteiger partial charge in [-0.3, -0.25) is 0 Å². The fourth-order valence-corrected chi connectivity index (χ4v) is 3.68. The molecule has 4 heteroatoms. The van der Waals surface area contributed by atoms with Gasteiger partial charge in [-0.1, -0.05) is 48.5 Å². The van der Waals surface area contributed by atoms with Gasteiger partial charge in [0, 0.05) is 7.11 Å². The molecule has 1 aromatic rings. The van der Waals surface area contributed by atoms with Gasteiger partial charge in [-0.25, -0.2) is 0 Å². The quantitative estimate of drug-likeness (QED) is 0.545. The number of hydrogen-bond acceptors (Lipinski definition) is 3. The monoisotopic (exact) mass is 427 g/mol. The Morgan fingerprint density at radius 1 is 0.889 bits per heavy atom. The van der Waals surface area contributed by atoms with Crippen LogP contribution >= 0.6 is 15.9 Å². The summed E-state index contributed by atoms with van der Waals surface area (Å²) in [6.45, 7) is 2.75. The Bertz CT molecular complexity index is 779. The van der Waals surface area contributed by atoms with E-state index in [9.17, 15) is 0 Å². The van der Waals surface area contributed by atoms with Crippen molar-refractivity contribution in [1.82, 2.24) is 5.32 Å². The fourth-order valence-electron chi connectivity index (χ4n) is 3.14. The van der Waals surface area contributed by atoms with Gasteiger partial charge in [0.2, 0.25) is 0 Å². The second-order valence-electron chi connectivity index (χ2n) is 6.63. The molecule has 0 unspecified atom stereocenters. The zero-order chi connectivity index (χ0) is 18.9. The van der Waals surface area contributed by atoms with Gasteiger partial charge in [0.15, 0.2) is 6.79 Å². The van der Waals surface area contributed by atoms with Crippen LogP contribution in [0.4, 0.5) is 0 Å². The molecule has 4 rings (SSSR count). The minimum atomic E-state index is 0.253. The number of fused-ring (bicyclic) bond motifs is 1. The average molecular weight is 428 g/mol. The summed E-state index contributed by atoms with van der Waals surface area (Å²) in [6, 6.07) is 21.2. The smallest absolute Gasteiger partial charge is 0.188 e.